The summed E-state index contributed by atoms with van der Waals surface area (Å²) in [7, 11) is 0. The second-order valence-electron chi connectivity index (χ2n) is 4.66. The van der Waals surface area contributed by atoms with Crippen molar-refractivity contribution in [3.05, 3.63) is 47.5 Å². The fourth-order valence-corrected chi connectivity index (χ4v) is 1.90. The Morgan fingerprint density at radius 2 is 2.30 bits per heavy atom. The van der Waals surface area contributed by atoms with Crippen molar-refractivity contribution < 1.29 is 9.50 Å². The molecular formula is C14H19FN4O. The van der Waals surface area contributed by atoms with Crippen molar-refractivity contribution in [2.45, 2.75) is 19.5 Å². The van der Waals surface area contributed by atoms with Gasteiger partial charge in [-0.1, -0.05) is 6.07 Å². The van der Waals surface area contributed by atoms with Gasteiger partial charge in [0.1, 0.15) is 5.82 Å². The fourth-order valence-electron chi connectivity index (χ4n) is 1.90. The second kappa shape index (κ2) is 6.60. The van der Waals surface area contributed by atoms with E-state index in [4.69, 9.17) is 10.8 Å². The monoisotopic (exact) mass is 278 g/mol. The first-order chi connectivity index (χ1) is 9.63. The van der Waals surface area contributed by atoms with Gasteiger partial charge in [-0.15, -0.1) is 0 Å². The number of nitrogens with one attached hydrogen (secondary N) is 1. The third kappa shape index (κ3) is 3.41. The summed E-state index contributed by atoms with van der Waals surface area (Å²) in [6.45, 7) is 2.81. The van der Waals surface area contributed by atoms with Crippen molar-refractivity contribution >= 4 is 0 Å². The maximum Gasteiger partial charge on any atom is 0.125 e. The Hall–Kier alpha value is -1.76. The highest BCUT2D eigenvalue weighted by molar-refractivity contribution is 5.33. The number of aromatic nitrogens is 2. The topological polar surface area (TPSA) is 76.1 Å². The second-order valence-corrected chi connectivity index (χ2v) is 4.66. The van der Waals surface area contributed by atoms with E-state index in [1.807, 2.05) is 13.1 Å². The Balaban J connectivity index is 2.13. The standard InChI is InChI=1S/C14H19FN4O/c1-10-11(7-17-13(6-16)9-20)8-19(18-10)14-4-2-3-12(15)5-14/h2-5,8,13,17,20H,6-7,9,16H2,1H3/t13-/m1/s1. The number of aliphatic hydroxyl groups is 1. The van der Waals surface area contributed by atoms with E-state index >= 15 is 0 Å². The zero-order valence-corrected chi connectivity index (χ0v) is 11.4. The molecule has 0 bridgehead atoms. The number of aliphatic hydroxyl groups excluding tert-OH is 1. The van der Waals surface area contributed by atoms with Crippen LogP contribution in [0.3, 0.4) is 0 Å². The van der Waals surface area contributed by atoms with Crippen LogP contribution in [0.15, 0.2) is 30.5 Å². The summed E-state index contributed by atoms with van der Waals surface area (Å²) in [6, 6.07) is 6.14. The van der Waals surface area contributed by atoms with Crippen LogP contribution in [0.1, 0.15) is 11.3 Å². The number of nitrogens with two attached hydrogens (primary N) is 1. The van der Waals surface area contributed by atoms with Crippen molar-refractivity contribution in [1.82, 2.24) is 15.1 Å². The average molecular weight is 278 g/mol. The average Bonchev–Trinajstić information content (AvgIpc) is 2.81. The van der Waals surface area contributed by atoms with Crippen molar-refractivity contribution in [1.29, 1.82) is 0 Å². The quantitative estimate of drug-likeness (QED) is 0.728. The van der Waals surface area contributed by atoms with Crippen LogP contribution in [0.2, 0.25) is 0 Å². The normalized spacial score (nSPS) is 12.6. The van der Waals surface area contributed by atoms with Gasteiger partial charge >= 0.3 is 0 Å². The van der Waals surface area contributed by atoms with Gasteiger partial charge in [-0.25, -0.2) is 9.07 Å². The van der Waals surface area contributed by atoms with Gasteiger partial charge in [-0.3, -0.25) is 0 Å². The highest BCUT2D eigenvalue weighted by Gasteiger charge is 2.09. The predicted octanol–water partition coefficient (Wildman–Crippen LogP) is 0.729. The molecule has 0 spiro atoms. The van der Waals surface area contributed by atoms with E-state index in [1.165, 1.54) is 12.1 Å². The largest absolute Gasteiger partial charge is 0.395 e. The van der Waals surface area contributed by atoms with Gasteiger partial charge < -0.3 is 16.2 Å². The van der Waals surface area contributed by atoms with Gasteiger partial charge in [0.2, 0.25) is 0 Å². The number of halogens is 1. The van der Waals surface area contributed by atoms with Gasteiger partial charge in [-0.05, 0) is 25.1 Å². The van der Waals surface area contributed by atoms with E-state index in [0.717, 1.165) is 11.3 Å². The Kier molecular flexibility index (Phi) is 4.84. The molecule has 0 amide bonds. The molecule has 1 aromatic carbocycles. The van der Waals surface area contributed by atoms with E-state index in [1.54, 1.807) is 16.8 Å². The number of aryl methyl sites for hydroxylation is 1. The highest BCUT2D eigenvalue weighted by Crippen LogP contribution is 2.13. The maximum absolute atomic E-state index is 13.2. The van der Waals surface area contributed by atoms with Crippen LogP contribution in [0.4, 0.5) is 4.39 Å². The lowest BCUT2D eigenvalue weighted by Gasteiger charge is -2.12. The van der Waals surface area contributed by atoms with Crippen molar-refractivity contribution in [2.24, 2.45) is 5.73 Å². The lowest BCUT2D eigenvalue weighted by atomic mass is 10.2. The van der Waals surface area contributed by atoms with Crippen LogP contribution in [0.5, 0.6) is 0 Å². The summed E-state index contributed by atoms with van der Waals surface area (Å²) in [5.41, 5.74) is 8.04. The van der Waals surface area contributed by atoms with E-state index in [-0.39, 0.29) is 18.5 Å². The number of nitrogens with zero attached hydrogens (tertiary/aromatic N) is 2. The fraction of sp³-hybridized carbons (Fsp3) is 0.357. The van der Waals surface area contributed by atoms with Crippen LogP contribution < -0.4 is 11.1 Å². The first-order valence-electron chi connectivity index (χ1n) is 6.49. The molecule has 2 aromatic rings. The summed E-state index contributed by atoms with van der Waals surface area (Å²) >= 11 is 0. The SMILES string of the molecule is Cc1nn(-c2cccc(F)c2)cc1CN[C@H](CN)CO. The zero-order valence-electron chi connectivity index (χ0n) is 11.4. The third-order valence-electron chi connectivity index (χ3n) is 3.16. The van der Waals surface area contributed by atoms with E-state index in [0.29, 0.717) is 18.8 Å². The summed E-state index contributed by atoms with van der Waals surface area (Å²) in [4.78, 5) is 0. The molecule has 2 rings (SSSR count). The van der Waals surface area contributed by atoms with Crippen LogP contribution in [-0.4, -0.2) is 34.1 Å². The minimum Gasteiger partial charge on any atom is -0.395 e. The highest BCUT2D eigenvalue weighted by atomic mass is 19.1. The summed E-state index contributed by atoms with van der Waals surface area (Å²) in [5, 5.41) is 16.6. The third-order valence-corrected chi connectivity index (χ3v) is 3.16. The summed E-state index contributed by atoms with van der Waals surface area (Å²) in [6.07, 6.45) is 1.85. The number of rotatable bonds is 6. The van der Waals surface area contributed by atoms with Crippen LogP contribution in [-0.2, 0) is 6.54 Å². The zero-order chi connectivity index (χ0) is 14.5. The molecule has 0 aliphatic heterocycles. The van der Waals surface area contributed by atoms with Crippen LogP contribution >= 0.6 is 0 Å². The Morgan fingerprint density at radius 3 is 2.95 bits per heavy atom. The van der Waals surface area contributed by atoms with Gasteiger partial charge in [0, 0.05) is 30.9 Å². The van der Waals surface area contributed by atoms with Gasteiger partial charge in [-0.2, -0.15) is 5.10 Å². The molecule has 108 valence electrons. The molecule has 4 N–H and O–H groups in total. The number of benzene rings is 1. The maximum atomic E-state index is 13.2. The Bertz CT molecular complexity index is 566. The molecule has 1 heterocycles. The van der Waals surface area contributed by atoms with Gasteiger partial charge in [0.15, 0.2) is 0 Å². The predicted molar refractivity (Wildman–Crippen MR) is 75.0 cm³/mol. The molecule has 0 radical (unpaired) electrons. The number of hydrogen-bond acceptors (Lipinski definition) is 4. The van der Waals surface area contributed by atoms with Crippen molar-refractivity contribution in [3.63, 3.8) is 0 Å². The number of hydrogen-bond donors (Lipinski definition) is 3. The van der Waals surface area contributed by atoms with Gasteiger partial charge in [0.05, 0.1) is 18.0 Å². The van der Waals surface area contributed by atoms with Crippen molar-refractivity contribution in [3.8, 4) is 5.69 Å². The first-order valence-corrected chi connectivity index (χ1v) is 6.49. The van der Waals surface area contributed by atoms with E-state index < -0.39 is 0 Å². The van der Waals surface area contributed by atoms with E-state index in [2.05, 4.69) is 10.4 Å². The van der Waals surface area contributed by atoms with Crippen LogP contribution in [0.25, 0.3) is 5.69 Å². The summed E-state index contributed by atoms with van der Waals surface area (Å²) < 4.78 is 14.9. The lowest BCUT2D eigenvalue weighted by Crippen LogP contribution is -2.38. The van der Waals surface area contributed by atoms with Crippen molar-refractivity contribution in [2.75, 3.05) is 13.2 Å². The molecule has 0 aliphatic carbocycles. The molecule has 0 fully saturated rings. The lowest BCUT2D eigenvalue weighted by molar-refractivity contribution is 0.245. The summed E-state index contributed by atoms with van der Waals surface area (Å²) in [5.74, 6) is -0.293. The molecule has 0 aliphatic rings. The Labute approximate surface area is 117 Å². The minimum atomic E-state index is -0.293. The molecule has 1 atom stereocenters. The smallest absolute Gasteiger partial charge is 0.125 e. The molecular weight excluding hydrogens is 259 g/mol. The molecule has 5 nitrogen and oxygen atoms in total. The van der Waals surface area contributed by atoms with Gasteiger partial charge in [0.25, 0.3) is 0 Å². The minimum absolute atomic E-state index is 0.00637. The molecule has 1 aromatic heterocycles. The molecule has 0 unspecified atom stereocenters. The van der Waals surface area contributed by atoms with Crippen LogP contribution in [0, 0.1) is 12.7 Å². The Morgan fingerprint density at radius 1 is 1.50 bits per heavy atom. The van der Waals surface area contributed by atoms with E-state index in [9.17, 15) is 4.39 Å². The first kappa shape index (κ1) is 14.6. The molecule has 20 heavy (non-hydrogen) atoms. The molecule has 0 saturated carbocycles. The molecule has 6 heteroatoms. The molecule has 0 saturated heterocycles.